The molecule has 0 spiro atoms. The van der Waals surface area contributed by atoms with Crippen LogP contribution in [0, 0.1) is 17.0 Å². The summed E-state index contributed by atoms with van der Waals surface area (Å²) < 4.78 is 5.38. The summed E-state index contributed by atoms with van der Waals surface area (Å²) in [6.45, 7) is 2.26. The third kappa shape index (κ3) is 3.20. The van der Waals surface area contributed by atoms with Crippen molar-refractivity contribution in [2.75, 3.05) is 13.2 Å². The van der Waals surface area contributed by atoms with Crippen molar-refractivity contribution >= 4 is 5.69 Å². The fourth-order valence-corrected chi connectivity index (χ4v) is 1.36. The molecular formula is C11H15NO4. The van der Waals surface area contributed by atoms with Gasteiger partial charge in [0.05, 0.1) is 11.5 Å². The summed E-state index contributed by atoms with van der Waals surface area (Å²) in [5, 5.41) is 19.3. The van der Waals surface area contributed by atoms with Crippen molar-refractivity contribution in [1.29, 1.82) is 0 Å². The maximum Gasteiger partial charge on any atom is 0.311 e. The highest BCUT2D eigenvalue weighted by molar-refractivity contribution is 5.51. The number of rotatable bonds is 6. The molecule has 0 aliphatic rings. The normalized spacial score (nSPS) is 10.1. The van der Waals surface area contributed by atoms with Crippen molar-refractivity contribution in [1.82, 2.24) is 0 Å². The summed E-state index contributed by atoms with van der Waals surface area (Å²) in [4.78, 5) is 10.3. The van der Waals surface area contributed by atoms with Crippen LogP contribution in [0.2, 0.25) is 0 Å². The number of nitro groups is 1. The van der Waals surface area contributed by atoms with E-state index in [2.05, 4.69) is 0 Å². The van der Waals surface area contributed by atoms with E-state index < -0.39 is 4.92 Å². The van der Waals surface area contributed by atoms with Gasteiger partial charge in [-0.3, -0.25) is 10.1 Å². The largest absolute Gasteiger partial charge is 0.487 e. The zero-order chi connectivity index (χ0) is 12.0. The predicted molar refractivity (Wildman–Crippen MR) is 59.6 cm³/mol. The average molecular weight is 225 g/mol. The number of benzene rings is 1. The fraction of sp³-hybridized carbons (Fsp3) is 0.455. The first-order valence-electron chi connectivity index (χ1n) is 5.14. The lowest BCUT2D eigenvalue weighted by Gasteiger charge is -2.08. The van der Waals surface area contributed by atoms with Crippen molar-refractivity contribution in [3.05, 3.63) is 33.9 Å². The van der Waals surface area contributed by atoms with Crippen LogP contribution in [-0.4, -0.2) is 23.2 Å². The Hall–Kier alpha value is -1.62. The number of unbranched alkanes of at least 4 members (excludes halogenated alkanes) is 1. The lowest BCUT2D eigenvalue weighted by atomic mass is 10.2. The first-order valence-corrected chi connectivity index (χ1v) is 5.14. The van der Waals surface area contributed by atoms with E-state index in [0.717, 1.165) is 5.56 Å². The van der Waals surface area contributed by atoms with E-state index in [0.29, 0.717) is 25.2 Å². The van der Waals surface area contributed by atoms with Gasteiger partial charge in [-0.1, -0.05) is 12.1 Å². The van der Waals surface area contributed by atoms with Crippen molar-refractivity contribution in [3.63, 3.8) is 0 Å². The lowest BCUT2D eigenvalue weighted by Crippen LogP contribution is -2.02. The maximum absolute atomic E-state index is 10.7. The Balaban J connectivity index is 2.73. The van der Waals surface area contributed by atoms with Crippen LogP contribution in [0.5, 0.6) is 5.75 Å². The molecule has 1 N–H and O–H groups in total. The van der Waals surface area contributed by atoms with Gasteiger partial charge in [0.2, 0.25) is 0 Å². The van der Waals surface area contributed by atoms with Gasteiger partial charge in [0.1, 0.15) is 0 Å². The minimum atomic E-state index is -0.450. The van der Waals surface area contributed by atoms with Gasteiger partial charge in [-0.05, 0) is 25.3 Å². The second-order valence-corrected chi connectivity index (χ2v) is 3.46. The van der Waals surface area contributed by atoms with Crippen molar-refractivity contribution in [2.45, 2.75) is 19.8 Å². The Bertz CT molecular complexity index is 365. The zero-order valence-electron chi connectivity index (χ0n) is 9.18. The summed E-state index contributed by atoms with van der Waals surface area (Å²) in [6.07, 6.45) is 1.32. The van der Waals surface area contributed by atoms with Crippen molar-refractivity contribution < 1.29 is 14.8 Å². The molecule has 0 bridgehead atoms. The molecule has 0 unspecified atom stereocenters. The van der Waals surface area contributed by atoms with Crippen LogP contribution in [-0.2, 0) is 0 Å². The molecule has 0 radical (unpaired) electrons. The SMILES string of the molecule is Cc1cccc([N+](=O)[O-])c1OCCCCO. The molecule has 0 amide bonds. The molecule has 0 saturated heterocycles. The van der Waals surface area contributed by atoms with E-state index in [1.807, 2.05) is 0 Å². The number of ether oxygens (including phenoxy) is 1. The Morgan fingerprint density at radius 2 is 2.19 bits per heavy atom. The van der Waals surface area contributed by atoms with Gasteiger partial charge in [-0.15, -0.1) is 0 Å². The summed E-state index contributed by atoms with van der Waals surface area (Å²) in [5.41, 5.74) is 0.738. The molecule has 1 aromatic rings. The highest BCUT2D eigenvalue weighted by Crippen LogP contribution is 2.30. The van der Waals surface area contributed by atoms with Gasteiger partial charge in [0.25, 0.3) is 0 Å². The third-order valence-corrected chi connectivity index (χ3v) is 2.19. The number of aliphatic hydroxyl groups excluding tert-OH is 1. The maximum atomic E-state index is 10.7. The molecule has 1 rings (SSSR count). The quantitative estimate of drug-likeness (QED) is 0.457. The van der Waals surface area contributed by atoms with E-state index in [1.165, 1.54) is 6.07 Å². The molecule has 0 aromatic heterocycles. The Labute approximate surface area is 93.8 Å². The van der Waals surface area contributed by atoms with Crippen LogP contribution in [0.1, 0.15) is 18.4 Å². The molecule has 16 heavy (non-hydrogen) atoms. The van der Waals surface area contributed by atoms with Gasteiger partial charge in [-0.25, -0.2) is 0 Å². The van der Waals surface area contributed by atoms with Crippen molar-refractivity contribution in [3.8, 4) is 5.75 Å². The highest BCUT2D eigenvalue weighted by Gasteiger charge is 2.16. The minimum Gasteiger partial charge on any atom is -0.487 e. The number of para-hydroxylation sites is 1. The lowest BCUT2D eigenvalue weighted by molar-refractivity contribution is -0.385. The molecule has 0 saturated carbocycles. The standard InChI is InChI=1S/C11H15NO4/c1-9-5-4-6-10(12(14)15)11(9)16-8-3-2-7-13/h4-6,13H,2-3,7-8H2,1H3. The Morgan fingerprint density at radius 3 is 2.81 bits per heavy atom. The van der Waals surface area contributed by atoms with Crippen LogP contribution < -0.4 is 4.74 Å². The Kier molecular flexibility index (Phi) is 4.72. The first kappa shape index (κ1) is 12.4. The van der Waals surface area contributed by atoms with Crippen LogP contribution in [0.4, 0.5) is 5.69 Å². The Morgan fingerprint density at radius 1 is 1.44 bits per heavy atom. The molecule has 88 valence electrons. The molecule has 5 heteroatoms. The zero-order valence-corrected chi connectivity index (χ0v) is 9.18. The molecule has 5 nitrogen and oxygen atoms in total. The van der Waals surface area contributed by atoms with E-state index in [9.17, 15) is 10.1 Å². The second kappa shape index (κ2) is 6.07. The second-order valence-electron chi connectivity index (χ2n) is 3.46. The van der Waals surface area contributed by atoms with Gasteiger partial charge in [0, 0.05) is 12.7 Å². The van der Waals surface area contributed by atoms with E-state index in [1.54, 1.807) is 19.1 Å². The van der Waals surface area contributed by atoms with Crippen LogP contribution in [0.3, 0.4) is 0 Å². The van der Waals surface area contributed by atoms with Gasteiger partial charge in [0.15, 0.2) is 5.75 Å². The highest BCUT2D eigenvalue weighted by atomic mass is 16.6. The van der Waals surface area contributed by atoms with Gasteiger partial charge < -0.3 is 9.84 Å². The number of hydrogen-bond donors (Lipinski definition) is 1. The monoisotopic (exact) mass is 225 g/mol. The van der Waals surface area contributed by atoms with Crippen molar-refractivity contribution in [2.24, 2.45) is 0 Å². The molecule has 1 aromatic carbocycles. The smallest absolute Gasteiger partial charge is 0.311 e. The van der Waals surface area contributed by atoms with Gasteiger partial charge in [-0.2, -0.15) is 0 Å². The number of aliphatic hydroxyl groups is 1. The first-order chi connectivity index (χ1) is 7.66. The molecule has 0 fully saturated rings. The topological polar surface area (TPSA) is 72.6 Å². The number of hydrogen-bond acceptors (Lipinski definition) is 4. The molecule has 0 atom stereocenters. The molecule has 0 aliphatic heterocycles. The molecule has 0 aliphatic carbocycles. The fourth-order valence-electron chi connectivity index (χ4n) is 1.36. The summed E-state index contributed by atoms with van der Waals surface area (Å²) in [7, 11) is 0. The van der Waals surface area contributed by atoms with Crippen LogP contribution >= 0.6 is 0 Å². The summed E-state index contributed by atoms with van der Waals surface area (Å²) >= 11 is 0. The average Bonchev–Trinajstić information content (AvgIpc) is 2.25. The number of aryl methyl sites for hydroxylation is 1. The molecular weight excluding hydrogens is 210 g/mol. The number of nitro benzene ring substituents is 1. The predicted octanol–water partition coefficient (Wildman–Crippen LogP) is 2.05. The summed E-state index contributed by atoms with van der Waals surface area (Å²) in [5.74, 6) is 0.324. The van der Waals surface area contributed by atoms with E-state index in [4.69, 9.17) is 9.84 Å². The van der Waals surface area contributed by atoms with Gasteiger partial charge >= 0.3 is 5.69 Å². The third-order valence-electron chi connectivity index (χ3n) is 2.19. The van der Waals surface area contributed by atoms with Crippen LogP contribution in [0.25, 0.3) is 0 Å². The number of nitrogens with zero attached hydrogens (tertiary/aromatic N) is 1. The summed E-state index contributed by atoms with van der Waals surface area (Å²) in [6, 6.07) is 4.83. The van der Waals surface area contributed by atoms with E-state index in [-0.39, 0.29) is 12.3 Å². The van der Waals surface area contributed by atoms with E-state index >= 15 is 0 Å². The van der Waals surface area contributed by atoms with Crippen LogP contribution in [0.15, 0.2) is 18.2 Å². The minimum absolute atomic E-state index is 0.0102. The molecule has 0 heterocycles.